The molecule has 2 bridgehead atoms. The minimum atomic E-state index is -0.720. The van der Waals surface area contributed by atoms with Crippen LogP contribution >= 0.6 is 11.6 Å². The van der Waals surface area contributed by atoms with Gasteiger partial charge in [0.25, 0.3) is 0 Å². The second-order valence-electron chi connectivity index (χ2n) is 9.59. The Hall–Kier alpha value is -3.46. The molecule has 9 nitrogen and oxygen atoms in total. The van der Waals surface area contributed by atoms with Crippen LogP contribution in [0.5, 0.6) is 0 Å². The lowest BCUT2D eigenvalue weighted by Gasteiger charge is -2.41. The first kappa shape index (κ1) is 24.2. The zero-order valence-corrected chi connectivity index (χ0v) is 20.8. The molecule has 0 radical (unpaired) electrons. The van der Waals surface area contributed by atoms with Gasteiger partial charge in [0, 0.05) is 51.4 Å². The smallest absolute Gasteiger partial charge is 0.242 e. The minimum absolute atomic E-state index is 0.126. The minimum Gasteiger partial charge on any atom is -0.355 e. The van der Waals surface area contributed by atoms with Crippen LogP contribution < -0.4 is 15.5 Å². The molecule has 2 aliphatic rings. The summed E-state index contributed by atoms with van der Waals surface area (Å²) in [6.07, 6.45) is 6.42. The lowest BCUT2D eigenvalue weighted by molar-refractivity contribution is -0.136. The molecule has 1 atom stereocenters. The SMILES string of the molecule is O=C1NCCCn2cc(nn2)CC2(CCN(c3ncccc3Cl)CC2)C(=O)N[C@H]1Cc1ccccc1. The quantitative estimate of drug-likeness (QED) is 0.564. The number of piperidine rings is 1. The highest BCUT2D eigenvalue weighted by atomic mass is 35.5. The number of benzene rings is 1. The number of halogens is 1. The molecule has 2 aliphatic heterocycles. The summed E-state index contributed by atoms with van der Waals surface area (Å²) < 4.78 is 1.79. The van der Waals surface area contributed by atoms with Crippen LogP contribution in [0.2, 0.25) is 5.02 Å². The van der Waals surface area contributed by atoms with Crippen molar-refractivity contribution in [2.45, 2.75) is 44.7 Å². The second kappa shape index (κ2) is 10.7. The third-order valence-corrected chi connectivity index (χ3v) is 7.41. The summed E-state index contributed by atoms with van der Waals surface area (Å²) in [4.78, 5) is 33.7. The van der Waals surface area contributed by atoms with Crippen molar-refractivity contribution in [2.75, 3.05) is 24.5 Å². The number of amides is 2. The molecule has 5 rings (SSSR count). The van der Waals surface area contributed by atoms with Gasteiger partial charge in [-0.1, -0.05) is 47.1 Å². The molecule has 1 fully saturated rings. The molecule has 1 saturated heterocycles. The van der Waals surface area contributed by atoms with Crippen LogP contribution in [0.1, 0.15) is 30.5 Å². The van der Waals surface area contributed by atoms with Gasteiger partial charge in [-0.2, -0.15) is 0 Å². The van der Waals surface area contributed by atoms with Crippen LogP contribution in [-0.2, 0) is 29.0 Å². The van der Waals surface area contributed by atoms with Gasteiger partial charge in [0.15, 0.2) is 0 Å². The van der Waals surface area contributed by atoms with Gasteiger partial charge in [0.05, 0.1) is 16.1 Å². The maximum atomic E-state index is 14.0. The van der Waals surface area contributed by atoms with Gasteiger partial charge in [-0.15, -0.1) is 5.10 Å². The summed E-state index contributed by atoms with van der Waals surface area (Å²) in [5.41, 5.74) is 1.06. The number of aromatic nitrogens is 4. The average molecular weight is 508 g/mol. The van der Waals surface area contributed by atoms with E-state index in [0.717, 1.165) is 23.5 Å². The van der Waals surface area contributed by atoms with Gasteiger partial charge >= 0.3 is 0 Å². The third kappa shape index (κ3) is 5.36. The molecular weight excluding hydrogens is 478 g/mol. The molecule has 188 valence electrons. The molecule has 2 amide bonds. The lowest BCUT2D eigenvalue weighted by atomic mass is 9.73. The third-order valence-electron chi connectivity index (χ3n) is 7.11. The van der Waals surface area contributed by atoms with E-state index < -0.39 is 11.5 Å². The van der Waals surface area contributed by atoms with E-state index in [1.807, 2.05) is 42.6 Å². The second-order valence-corrected chi connectivity index (χ2v) is 9.99. The molecular formula is C26H30ClN7O2. The number of pyridine rings is 1. The standard InChI is InChI=1S/C26H30ClN7O2/c27-21-8-4-11-28-23(21)33-14-9-26(10-15-33)17-20-18-34(32-31-20)13-5-12-29-24(35)22(30-25(26)36)16-19-6-2-1-3-7-19/h1-4,6-8,11,18,22H,5,9-10,12-17H2,(H,29,35)(H,30,36)/t22-/m0/s1. The van der Waals surface area contributed by atoms with E-state index >= 15 is 0 Å². The van der Waals surface area contributed by atoms with E-state index in [0.29, 0.717) is 56.9 Å². The fourth-order valence-corrected chi connectivity index (χ4v) is 5.30. The van der Waals surface area contributed by atoms with Gasteiger partial charge in [-0.3, -0.25) is 14.3 Å². The van der Waals surface area contributed by atoms with Crippen LogP contribution in [0.4, 0.5) is 5.82 Å². The molecule has 0 unspecified atom stereocenters. The number of nitrogens with one attached hydrogen (secondary N) is 2. The number of hydrogen-bond donors (Lipinski definition) is 2. The van der Waals surface area contributed by atoms with E-state index in [1.165, 1.54) is 0 Å². The van der Waals surface area contributed by atoms with Crippen molar-refractivity contribution in [2.24, 2.45) is 5.41 Å². The largest absolute Gasteiger partial charge is 0.355 e. The number of rotatable bonds is 3. The van der Waals surface area contributed by atoms with Gasteiger partial charge in [0.1, 0.15) is 11.9 Å². The number of hydrogen-bond acceptors (Lipinski definition) is 6. The zero-order valence-electron chi connectivity index (χ0n) is 20.1. The van der Waals surface area contributed by atoms with Crippen molar-refractivity contribution in [3.63, 3.8) is 0 Å². The fourth-order valence-electron chi connectivity index (χ4n) is 5.06. The topological polar surface area (TPSA) is 105 Å². The summed E-state index contributed by atoms with van der Waals surface area (Å²) >= 11 is 6.39. The number of fused-ring (bicyclic) bond motifs is 2. The monoisotopic (exact) mass is 507 g/mol. The summed E-state index contributed by atoms with van der Waals surface area (Å²) in [7, 11) is 0. The van der Waals surface area contributed by atoms with Crippen LogP contribution in [0.15, 0.2) is 54.9 Å². The summed E-state index contributed by atoms with van der Waals surface area (Å²) in [6, 6.07) is 12.7. The molecule has 36 heavy (non-hydrogen) atoms. The van der Waals surface area contributed by atoms with Crippen molar-refractivity contribution in [3.05, 3.63) is 71.1 Å². The first-order valence-corrected chi connectivity index (χ1v) is 12.8. The van der Waals surface area contributed by atoms with E-state index in [2.05, 4.69) is 30.8 Å². The number of carbonyl (C=O) groups is 2. The predicted molar refractivity (Wildman–Crippen MR) is 137 cm³/mol. The maximum Gasteiger partial charge on any atom is 0.242 e. The first-order chi connectivity index (χ1) is 17.5. The first-order valence-electron chi connectivity index (χ1n) is 12.4. The molecule has 1 spiro atoms. The average Bonchev–Trinajstić information content (AvgIpc) is 3.34. The van der Waals surface area contributed by atoms with Crippen molar-refractivity contribution in [1.29, 1.82) is 0 Å². The van der Waals surface area contributed by atoms with E-state index in [9.17, 15) is 9.59 Å². The molecule has 10 heteroatoms. The van der Waals surface area contributed by atoms with Gasteiger partial charge in [-0.05, 0) is 37.0 Å². The highest BCUT2D eigenvalue weighted by Gasteiger charge is 2.44. The molecule has 0 aliphatic carbocycles. The normalized spacial score (nSPS) is 20.6. The van der Waals surface area contributed by atoms with Crippen LogP contribution in [0.3, 0.4) is 0 Å². The van der Waals surface area contributed by atoms with E-state index in [4.69, 9.17) is 11.6 Å². The Labute approximate surface area is 215 Å². The molecule has 2 N–H and O–H groups in total. The van der Waals surface area contributed by atoms with Crippen molar-refractivity contribution >= 4 is 29.2 Å². The molecule has 4 heterocycles. The highest BCUT2D eigenvalue weighted by molar-refractivity contribution is 6.32. The summed E-state index contributed by atoms with van der Waals surface area (Å²) in [5, 5.41) is 15.3. The van der Waals surface area contributed by atoms with Crippen LogP contribution in [0.25, 0.3) is 0 Å². The highest BCUT2D eigenvalue weighted by Crippen LogP contribution is 2.38. The molecule has 1 aromatic carbocycles. The molecule has 2 aromatic heterocycles. The van der Waals surface area contributed by atoms with Gasteiger partial charge in [0.2, 0.25) is 11.8 Å². The Kier molecular flexibility index (Phi) is 7.18. The van der Waals surface area contributed by atoms with Crippen LogP contribution in [0, 0.1) is 5.41 Å². The van der Waals surface area contributed by atoms with Crippen molar-refractivity contribution < 1.29 is 9.59 Å². The zero-order chi connectivity index (χ0) is 25.0. The Morgan fingerprint density at radius 1 is 1.06 bits per heavy atom. The van der Waals surface area contributed by atoms with Gasteiger partial charge in [-0.25, -0.2) is 4.98 Å². The van der Waals surface area contributed by atoms with E-state index in [1.54, 1.807) is 16.9 Å². The number of aryl methyl sites for hydroxylation is 1. The molecule has 0 saturated carbocycles. The summed E-state index contributed by atoms with van der Waals surface area (Å²) in [5.74, 6) is 0.434. The Morgan fingerprint density at radius 2 is 1.86 bits per heavy atom. The fraction of sp³-hybridized carbons (Fsp3) is 0.423. The number of carbonyl (C=O) groups excluding carboxylic acids is 2. The number of nitrogens with zero attached hydrogens (tertiary/aromatic N) is 5. The predicted octanol–water partition coefficient (Wildman–Crippen LogP) is 2.40. The van der Waals surface area contributed by atoms with Crippen molar-refractivity contribution in [3.8, 4) is 0 Å². The Balaban J connectivity index is 1.42. The Morgan fingerprint density at radius 3 is 2.64 bits per heavy atom. The lowest BCUT2D eigenvalue weighted by Crippen LogP contribution is -2.56. The maximum absolute atomic E-state index is 14.0. The van der Waals surface area contributed by atoms with Gasteiger partial charge < -0.3 is 15.5 Å². The van der Waals surface area contributed by atoms with E-state index in [-0.39, 0.29) is 11.8 Å². The number of anilines is 1. The van der Waals surface area contributed by atoms with Crippen molar-refractivity contribution in [1.82, 2.24) is 30.6 Å². The summed E-state index contributed by atoms with van der Waals surface area (Å²) in [6.45, 7) is 2.39. The molecule has 3 aromatic rings. The Bertz CT molecular complexity index is 1210. The van der Waals surface area contributed by atoms with Crippen LogP contribution in [-0.4, -0.2) is 57.5 Å².